The van der Waals surface area contributed by atoms with Crippen LogP contribution >= 0.6 is 11.8 Å². The zero-order chi connectivity index (χ0) is 8.10. The van der Waals surface area contributed by atoms with E-state index < -0.39 is 0 Å². The minimum Gasteiger partial charge on any atom is -0.458 e. The third kappa shape index (κ3) is 2.42. The topological polar surface area (TPSA) is 26.3 Å². The van der Waals surface area contributed by atoms with Gasteiger partial charge in [0, 0.05) is 5.75 Å². The lowest BCUT2D eigenvalue weighted by Crippen LogP contribution is -2.04. The molecule has 0 aromatic carbocycles. The van der Waals surface area contributed by atoms with Crippen LogP contribution in [0.1, 0.15) is 6.42 Å². The second-order valence-corrected chi connectivity index (χ2v) is 3.23. The minimum atomic E-state index is -0.215. The standard InChI is InChI=1S/C8H10O2S/c1-2-5-10-8(9)7-4-3-6-11-7/h2,4H,1,3,5-6H2. The van der Waals surface area contributed by atoms with Crippen molar-refractivity contribution in [3.8, 4) is 0 Å². The van der Waals surface area contributed by atoms with E-state index >= 15 is 0 Å². The molecular weight excluding hydrogens is 160 g/mol. The van der Waals surface area contributed by atoms with Gasteiger partial charge in [-0.05, 0) is 6.42 Å². The minimum absolute atomic E-state index is 0.215. The Labute approximate surface area is 70.3 Å². The van der Waals surface area contributed by atoms with Crippen molar-refractivity contribution in [3.63, 3.8) is 0 Å². The van der Waals surface area contributed by atoms with Crippen molar-refractivity contribution in [2.75, 3.05) is 12.4 Å². The molecule has 0 radical (unpaired) electrons. The molecule has 0 saturated heterocycles. The average molecular weight is 170 g/mol. The molecule has 0 aromatic heterocycles. The molecule has 0 amide bonds. The van der Waals surface area contributed by atoms with Gasteiger partial charge in [-0.3, -0.25) is 0 Å². The Morgan fingerprint density at radius 1 is 1.91 bits per heavy atom. The van der Waals surface area contributed by atoms with E-state index in [9.17, 15) is 4.79 Å². The first-order valence-corrected chi connectivity index (χ1v) is 4.44. The molecule has 1 heterocycles. The summed E-state index contributed by atoms with van der Waals surface area (Å²) in [6.45, 7) is 3.76. The molecule has 1 rings (SSSR count). The van der Waals surface area contributed by atoms with E-state index in [4.69, 9.17) is 4.74 Å². The van der Waals surface area contributed by atoms with Gasteiger partial charge in [0.25, 0.3) is 0 Å². The lowest BCUT2D eigenvalue weighted by Gasteiger charge is -1.99. The van der Waals surface area contributed by atoms with Gasteiger partial charge >= 0.3 is 5.97 Å². The summed E-state index contributed by atoms with van der Waals surface area (Å²) < 4.78 is 4.83. The maximum absolute atomic E-state index is 11.0. The van der Waals surface area contributed by atoms with Crippen molar-refractivity contribution in [3.05, 3.63) is 23.6 Å². The fourth-order valence-corrected chi connectivity index (χ4v) is 1.63. The molecule has 11 heavy (non-hydrogen) atoms. The predicted molar refractivity (Wildman–Crippen MR) is 46.3 cm³/mol. The van der Waals surface area contributed by atoms with Crippen LogP contribution in [0.3, 0.4) is 0 Å². The Kier molecular flexibility index (Phi) is 3.23. The first-order chi connectivity index (χ1) is 5.34. The summed E-state index contributed by atoms with van der Waals surface area (Å²) >= 11 is 1.55. The lowest BCUT2D eigenvalue weighted by molar-refractivity contribution is -0.136. The molecule has 0 aliphatic carbocycles. The van der Waals surface area contributed by atoms with E-state index in [1.54, 1.807) is 17.8 Å². The summed E-state index contributed by atoms with van der Waals surface area (Å²) in [5.74, 6) is 0.783. The predicted octanol–water partition coefficient (Wildman–Crippen LogP) is 1.74. The molecule has 0 bridgehead atoms. The molecule has 0 fully saturated rings. The lowest BCUT2D eigenvalue weighted by atomic mass is 10.4. The summed E-state index contributed by atoms with van der Waals surface area (Å²) in [4.78, 5) is 11.8. The van der Waals surface area contributed by atoms with Crippen LogP contribution < -0.4 is 0 Å². The molecule has 0 N–H and O–H groups in total. The number of carbonyl (C=O) groups is 1. The number of hydrogen-bond donors (Lipinski definition) is 0. The second kappa shape index (κ2) is 4.23. The highest BCUT2D eigenvalue weighted by atomic mass is 32.2. The summed E-state index contributed by atoms with van der Waals surface area (Å²) in [6.07, 6.45) is 4.46. The Morgan fingerprint density at radius 3 is 3.27 bits per heavy atom. The van der Waals surface area contributed by atoms with Crippen molar-refractivity contribution < 1.29 is 9.53 Å². The molecule has 3 heteroatoms. The van der Waals surface area contributed by atoms with E-state index in [2.05, 4.69) is 6.58 Å². The first-order valence-electron chi connectivity index (χ1n) is 3.45. The summed E-state index contributed by atoms with van der Waals surface area (Å²) in [5, 5.41) is 0. The number of ether oxygens (including phenoxy) is 1. The Bertz CT molecular complexity index is 196. The third-order valence-corrected chi connectivity index (χ3v) is 2.32. The van der Waals surface area contributed by atoms with Gasteiger partial charge in [0.15, 0.2) is 0 Å². The van der Waals surface area contributed by atoms with E-state index in [1.165, 1.54) is 0 Å². The van der Waals surface area contributed by atoms with Crippen LogP contribution in [-0.4, -0.2) is 18.3 Å². The summed E-state index contributed by atoms with van der Waals surface area (Å²) in [5.41, 5.74) is 0. The zero-order valence-corrected chi connectivity index (χ0v) is 7.02. The highest BCUT2D eigenvalue weighted by Gasteiger charge is 2.14. The Balaban J connectivity index is 2.34. The highest BCUT2D eigenvalue weighted by Crippen LogP contribution is 2.25. The van der Waals surface area contributed by atoms with Gasteiger partial charge in [0.2, 0.25) is 0 Å². The van der Waals surface area contributed by atoms with Crippen molar-refractivity contribution in [2.45, 2.75) is 6.42 Å². The number of carbonyl (C=O) groups excluding carboxylic acids is 1. The normalized spacial score (nSPS) is 15.8. The van der Waals surface area contributed by atoms with Crippen molar-refractivity contribution in [1.29, 1.82) is 0 Å². The molecular formula is C8H10O2S. The SMILES string of the molecule is C=CCOC(=O)C1=CCCS1. The van der Waals surface area contributed by atoms with Gasteiger partial charge in [-0.1, -0.05) is 18.7 Å². The van der Waals surface area contributed by atoms with Crippen LogP contribution in [0, 0.1) is 0 Å². The van der Waals surface area contributed by atoms with Crippen LogP contribution in [0.2, 0.25) is 0 Å². The average Bonchev–Trinajstić information content (AvgIpc) is 2.52. The van der Waals surface area contributed by atoms with Crippen molar-refractivity contribution >= 4 is 17.7 Å². The van der Waals surface area contributed by atoms with Gasteiger partial charge in [0.05, 0.1) is 4.91 Å². The second-order valence-electron chi connectivity index (χ2n) is 2.09. The summed E-state index contributed by atoms with van der Waals surface area (Å²) in [6, 6.07) is 0. The van der Waals surface area contributed by atoms with Gasteiger partial charge in [0.1, 0.15) is 6.61 Å². The van der Waals surface area contributed by atoms with Crippen LogP contribution in [0.5, 0.6) is 0 Å². The number of allylic oxidation sites excluding steroid dienone is 1. The van der Waals surface area contributed by atoms with Crippen molar-refractivity contribution in [1.82, 2.24) is 0 Å². The fourth-order valence-electron chi connectivity index (χ4n) is 0.766. The zero-order valence-electron chi connectivity index (χ0n) is 6.21. The maximum Gasteiger partial charge on any atom is 0.344 e. The summed E-state index contributed by atoms with van der Waals surface area (Å²) in [7, 11) is 0. The van der Waals surface area contributed by atoms with E-state index in [-0.39, 0.29) is 5.97 Å². The van der Waals surface area contributed by atoms with Crippen LogP contribution in [0.25, 0.3) is 0 Å². The number of thioether (sulfide) groups is 1. The smallest absolute Gasteiger partial charge is 0.344 e. The number of esters is 1. The fraction of sp³-hybridized carbons (Fsp3) is 0.375. The van der Waals surface area contributed by atoms with E-state index in [1.807, 2.05) is 6.08 Å². The molecule has 0 spiro atoms. The largest absolute Gasteiger partial charge is 0.458 e. The molecule has 0 saturated carbocycles. The quantitative estimate of drug-likeness (QED) is 0.476. The van der Waals surface area contributed by atoms with E-state index in [0.29, 0.717) is 6.61 Å². The van der Waals surface area contributed by atoms with Gasteiger partial charge in [-0.2, -0.15) is 0 Å². The van der Waals surface area contributed by atoms with Crippen molar-refractivity contribution in [2.24, 2.45) is 0 Å². The molecule has 0 atom stereocenters. The Hall–Kier alpha value is -0.700. The first kappa shape index (κ1) is 8.40. The molecule has 0 aromatic rings. The highest BCUT2D eigenvalue weighted by molar-refractivity contribution is 8.04. The van der Waals surface area contributed by atoms with Gasteiger partial charge in [-0.15, -0.1) is 11.8 Å². The number of hydrogen-bond acceptors (Lipinski definition) is 3. The van der Waals surface area contributed by atoms with Crippen LogP contribution in [-0.2, 0) is 9.53 Å². The van der Waals surface area contributed by atoms with Crippen LogP contribution in [0.4, 0.5) is 0 Å². The molecule has 0 unspecified atom stereocenters. The molecule has 2 nitrogen and oxygen atoms in total. The maximum atomic E-state index is 11.0. The van der Waals surface area contributed by atoms with Gasteiger partial charge < -0.3 is 4.74 Å². The van der Waals surface area contributed by atoms with E-state index in [0.717, 1.165) is 17.1 Å². The third-order valence-electron chi connectivity index (χ3n) is 1.24. The molecule has 1 aliphatic rings. The molecule has 60 valence electrons. The monoisotopic (exact) mass is 170 g/mol. The molecule has 1 aliphatic heterocycles. The van der Waals surface area contributed by atoms with Crippen LogP contribution in [0.15, 0.2) is 23.6 Å². The van der Waals surface area contributed by atoms with Gasteiger partial charge in [-0.25, -0.2) is 4.79 Å². The Morgan fingerprint density at radius 2 is 2.73 bits per heavy atom. The number of rotatable bonds is 3.